The van der Waals surface area contributed by atoms with Gasteiger partial charge in [0.05, 0.1) is 22.1 Å². The lowest BCUT2D eigenvalue weighted by atomic mass is 10.1. The highest BCUT2D eigenvalue weighted by Gasteiger charge is 2.17. The lowest BCUT2D eigenvalue weighted by molar-refractivity contribution is 0.677. The van der Waals surface area contributed by atoms with Crippen LogP contribution in [0.2, 0.25) is 0 Å². The van der Waals surface area contributed by atoms with Gasteiger partial charge in [0.1, 0.15) is 0 Å². The number of rotatable bonds is 5. The largest absolute Gasteiger partial charge is 0.382 e. The summed E-state index contributed by atoms with van der Waals surface area (Å²) in [4.78, 5) is 11.7. The van der Waals surface area contributed by atoms with Crippen molar-refractivity contribution >= 4 is 27.7 Å². The lowest BCUT2D eigenvalue weighted by Crippen LogP contribution is -2.16. The lowest BCUT2D eigenvalue weighted by Gasteiger charge is -2.16. The first-order valence-corrected chi connectivity index (χ1v) is 9.65. The first kappa shape index (κ1) is 15.3. The molecule has 1 atom stereocenters. The first-order chi connectivity index (χ1) is 11.8. The van der Waals surface area contributed by atoms with Crippen molar-refractivity contribution in [2.24, 2.45) is 0 Å². The summed E-state index contributed by atoms with van der Waals surface area (Å²) < 4.78 is 12.7. The SMILES string of the molecule is O=S(Cc1ccccc1NC1CCCC1)c1nc2ncccc2[nH]1. The van der Waals surface area contributed by atoms with Crippen molar-refractivity contribution in [3.63, 3.8) is 0 Å². The van der Waals surface area contributed by atoms with E-state index >= 15 is 0 Å². The van der Waals surface area contributed by atoms with E-state index in [-0.39, 0.29) is 0 Å². The Labute approximate surface area is 143 Å². The third-order valence-electron chi connectivity index (χ3n) is 4.47. The van der Waals surface area contributed by atoms with Crippen molar-refractivity contribution in [3.05, 3.63) is 48.2 Å². The van der Waals surface area contributed by atoms with Gasteiger partial charge in [0.2, 0.25) is 0 Å². The van der Waals surface area contributed by atoms with Crippen LogP contribution in [0.3, 0.4) is 0 Å². The monoisotopic (exact) mass is 340 g/mol. The molecule has 4 rings (SSSR count). The number of hydrogen-bond donors (Lipinski definition) is 2. The van der Waals surface area contributed by atoms with Crippen molar-refractivity contribution in [2.75, 3.05) is 5.32 Å². The standard InChI is InChI=1S/C18H20N4OS/c23-24(18-21-16-10-5-11-19-17(16)22-18)12-13-6-1-4-9-15(13)20-14-7-2-3-8-14/h1,4-6,9-11,14,20H,2-3,7-8,12H2,(H,19,21,22). The third-order valence-corrected chi connectivity index (χ3v) is 5.67. The summed E-state index contributed by atoms with van der Waals surface area (Å²) in [6, 6.07) is 12.4. The fourth-order valence-corrected chi connectivity index (χ4v) is 4.30. The molecule has 0 radical (unpaired) electrons. The molecule has 124 valence electrons. The predicted molar refractivity (Wildman–Crippen MR) is 96.3 cm³/mol. The molecule has 3 aromatic rings. The molecule has 2 aromatic heterocycles. The van der Waals surface area contributed by atoms with E-state index in [9.17, 15) is 4.21 Å². The van der Waals surface area contributed by atoms with Crippen LogP contribution in [0.25, 0.3) is 11.2 Å². The van der Waals surface area contributed by atoms with Gasteiger partial charge >= 0.3 is 0 Å². The summed E-state index contributed by atoms with van der Waals surface area (Å²) >= 11 is 0. The Hall–Kier alpha value is -2.21. The number of para-hydroxylation sites is 1. The number of H-pyrrole nitrogens is 1. The number of aromatic nitrogens is 3. The van der Waals surface area contributed by atoms with E-state index in [0.29, 0.717) is 22.6 Å². The second-order valence-corrected chi connectivity index (χ2v) is 7.56. The normalized spacial score (nSPS) is 16.5. The molecule has 2 N–H and O–H groups in total. The summed E-state index contributed by atoms with van der Waals surface area (Å²) in [5.74, 6) is 0.440. The molecule has 6 heteroatoms. The molecule has 24 heavy (non-hydrogen) atoms. The number of fused-ring (bicyclic) bond motifs is 1. The van der Waals surface area contributed by atoms with E-state index in [1.807, 2.05) is 30.3 Å². The van der Waals surface area contributed by atoms with Crippen LogP contribution in [0.1, 0.15) is 31.2 Å². The van der Waals surface area contributed by atoms with E-state index < -0.39 is 10.8 Å². The average molecular weight is 340 g/mol. The van der Waals surface area contributed by atoms with Crippen LogP contribution in [0.15, 0.2) is 47.8 Å². The maximum absolute atomic E-state index is 12.7. The Kier molecular flexibility index (Phi) is 4.30. The zero-order valence-electron chi connectivity index (χ0n) is 13.4. The zero-order valence-corrected chi connectivity index (χ0v) is 14.2. The Balaban J connectivity index is 1.54. The Morgan fingerprint density at radius 1 is 1.17 bits per heavy atom. The molecule has 1 aliphatic rings. The number of pyridine rings is 1. The Morgan fingerprint density at radius 2 is 2.00 bits per heavy atom. The molecule has 5 nitrogen and oxygen atoms in total. The number of nitrogens with one attached hydrogen (secondary N) is 2. The summed E-state index contributed by atoms with van der Waals surface area (Å²) in [6.45, 7) is 0. The van der Waals surface area contributed by atoms with Crippen LogP contribution in [-0.4, -0.2) is 25.2 Å². The highest BCUT2D eigenvalue weighted by molar-refractivity contribution is 7.84. The minimum Gasteiger partial charge on any atom is -0.382 e. The second-order valence-electron chi connectivity index (χ2n) is 6.19. The fourth-order valence-electron chi connectivity index (χ4n) is 3.22. The van der Waals surface area contributed by atoms with E-state index in [2.05, 4.69) is 26.3 Å². The second kappa shape index (κ2) is 6.73. The summed E-state index contributed by atoms with van der Waals surface area (Å²) in [5, 5.41) is 4.10. The smallest absolute Gasteiger partial charge is 0.199 e. The molecule has 0 saturated heterocycles. The topological polar surface area (TPSA) is 70.7 Å². The number of imidazole rings is 1. The first-order valence-electron chi connectivity index (χ1n) is 8.33. The molecule has 1 saturated carbocycles. The van der Waals surface area contributed by atoms with Crippen molar-refractivity contribution in [1.29, 1.82) is 0 Å². The van der Waals surface area contributed by atoms with Gasteiger partial charge in [0, 0.05) is 17.9 Å². The molecule has 0 bridgehead atoms. The van der Waals surface area contributed by atoms with Gasteiger partial charge in [-0.25, -0.2) is 9.97 Å². The van der Waals surface area contributed by atoms with E-state index in [1.54, 1.807) is 6.20 Å². The maximum Gasteiger partial charge on any atom is 0.199 e. The van der Waals surface area contributed by atoms with Gasteiger partial charge in [-0.2, -0.15) is 0 Å². The Morgan fingerprint density at radius 3 is 2.83 bits per heavy atom. The van der Waals surface area contributed by atoms with E-state index in [4.69, 9.17) is 0 Å². The van der Waals surface area contributed by atoms with Crippen molar-refractivity contribution in [1.82, 2.24) is 15.0 Å². The van der Waals surface area contributed by atoms with Crippen LogP contribution < -0.4 is 5.32 Å². The predicted octanol–water partition coefficient (Wildman–Crippen LogP) is 3.62. The number of nitrogens with zero attached hydrogens (tertiary/aromatic N) is 2. The van der Waals surface area contributed by atoms with Gasteiger partial charge in [-0.05, 0) is 36.6 Å². The van der Waals surface area contributed by atoms with E-state index in [0.717, 1.165) is 16.8 Å². The van der Waals surface area contributed by atoms with Crippen LogP contribution in [-0.2, 0) is 16.6 Å². The van der Waals surface area contributed by atoms with Crippen molar-refractivity contribution < 1.29 is 4.21 Å². The molecule has 1 unspecified atom stereocenters. The minimum absolute atomic E-state index is 0.440. The van der Waals surface area contributed by atoms with Gasteiger partial charge in [0.25, 0.3) is 0 Å². The Bertz CT molecular complexity index is 837. The average Bonchev–Trinajstić information content (AvgIpc) is 3.25. The highest BCUT2D eigenvalue weighted by atomic mass is 32.2. The van der Waals surface area contributed by atoms with Crippen molar-refractivity contribution in [3.8, 4) is 0 Å². The molecular formula is C18H20N4OS. The summed E-state index contributed by atoms with van der Waals surface area (Å²) in [5.41, 5.74) is 3.58. The van der Waals surface area contributed by atoms with E-state index in [1.165, 1.54) is 25.7 Å². The van der Waals surface area contributed by atoms with Crippen LogP contribution in [0.4, 0.5) is 5.69 Å². The highest BCUT2D eigenvalue weighted by Crippen LogP contribution is 2.26. The molecule has 0 aliphatic heterocycles. The number of benzene rings is 1. The van der Waals surface area contributed by atoms with Crippen LogP contribution >= 0.6 is 0 Å². The quantitative estimate of drug-likeness (QED) is 0.744. The summed E-state index contributed by atoms with van der Waals surface area (Å²) in [6.07, 6.45) is 6.70. The minimum atomic E-state index is -1.23. The van der Waals surface area contributed by atoms with Gasteiger partial charge in [-0.1, -0.05) is 31.0 Å². The number of hydrogen-bond acceptors (Lipinski definition) is 4. The zero-order chi connectivity index (χ0) is 16.4. The molecule has 2 heterocycles. The maximum atomic E-state index is 12.7. The van der Waals surface area contributed by atoms with Gasteiger partial charge < -0.3 is 10.3 Å². The van der Waals surface area contributed by atoms with Gasteiger partial charge in [-0.3, -0.25) is 4.21 Å². The van der Waals surface area contributed by atoms with Crippen molar-refractivity contribution in [2.45, 2.75) is 42.6 Å². The molecule has 1 aliphatic carbocycles. The third kappa shape index (κ3) is 3.19. The molecule has 0 spiro atoms. The van der Waals surface area contributed by atoms with Crippen LogP contribution in [0.5, 0.6) is 0 Å². The number of aromatic amines is 1. The number of anilines is 1. The van der Waals surface area contributed by atoms with Gasteiger partial charge in [-0.15, -0.1) is 0 Å². The van der Waals surface area contributed by atoms with Crippen LogP contribution in [0, 0.1) is 0 Å². The molecule has 1 fully saturated rings. The fraction of sp³-hybridized carbons (Fsp3) is 0.333. The van der Waals surface area contributed by atoms with Gasteiger partial charge in [0.15, 0.2) is 10.8 Å². The summed E-state index contributed by atoms with van der Waals surface area (Å²) in [7, 11) is -1.23. The molecular weight excluding hydrogens is 320 g/mol. The molecule has 1 aromatic carbocycles. The molecule has 0 amide bonds.